The Kier molecular flexibility index (Phi) is 5.70. The molecule has 0 radical (unpaired) electrons. The maximum atomic E-state index is 8.89. The van der Waals surface area contributed by atoms with E-state index in [-0.39, 0.29) is 0 Å². The lowest BCUT2D eigenvalue weighted by atomic mass is 10.2. The van der Waals surface area contributed by atoms with E-state index in [4.69, 9.17) is 10.00 Å². The summed E-state index contributed by atoms with van der Waals surface area (Å²) in [4.78, 5) is 0. The second-order valence-electron chi connectivity index (χ2n) is 3.61. The summed E-state index contributed by atoms with van der Waals surface area (Å²) in [6.45, 7) is 3.28. The van der Waals surface area contributed by atoms with Crippen LogP contribution in [0.4, 0.5) is 0 Å². The molecule has 0 amide bonds. The molecule has 1 aromatic heterocycles. The lowest BCUT2D eigenvalue weighted by Gasteiger charge is -1.97. The van der Waals surface area contributed by atoms with Crippen LogP contribution in [0.2, 0.25) is 0 Å². The Bertz CT molecular complexity index is 462. The molecule has 17 heavy (non-hydrogen) atoms. The molecule has 0 bridgehead atoms. The zero-order valence-electron chi connectivity index (χ0n) is 10.3. The van der Waals surface area contributed by atoms with E-state index < -0.39 is 0 Å². The van der Waals surface area contributed by atoms with Gasteiger partial charge >= 0.3 is 0 Å². The Morgan fingerprint density at radius 1 is 1.29 bits per heavy atom. The largest absolute Gasteiger partial charge is 0.377 e. The van der Waals surface area contributed by atoms with E-state index in [1.54, 1.807) is 12.3 Å². The summed E-state index contributed by atoms with van der Waals surface area (Å²) in [5.74, 6) is 0. The van der Waals surface area contributed by atoms with Gasteiger partial charge in [-0.3, -0.25) is 0 Å². The van der Waals surface area contributed by atoms with E-state index in [1.807, 2.05) is 49.0 Å². The second kappa shape index (κ2) is 7.37. The summed E-state index contributed by atoms with van der Waals surface area (Å²) in [5.41, 5.74) is 1.72. The average Bonchev–Trinajstić information content (AvgIpc) is 2.35. The lowest BCUT2D eigenvalue weighted by Crippen LogP contribution is -2.25. The smallest absolute Gasteiger partial charge is 0.186 e. The highest BCUT2D eigenvalue weighted by Crippen LogP contribution is 1.97. The van der Waals surface area contributed by atoms with Crippen molar-refractivity contribution in [3.05, 3.63) is 53.9 Å². The zero-order chi connectivity index (χ0) is 12.5. The van der Waals surface area contributed by atoms with Crippen molar-refractivity contribution in [2.45, 2.75) is 13.5 Å². The van der Waals surface area contributed by atoms with Gasteiger partial charge in [0.1, 0.15) is 18.7 Å². The molecule has 1 heterocycles. The number of rotatable bonds is 3. The minimum Gasteiger partial charge on any atom is -0.377 e. The molecule has 0 fully saturated rings. The summed E-state index contributed by atoms with van der Waals surface area (Å²) < 4.78 is 7.22. The fourth-order valence-corrected chi connectivity index (χ4v) is 1.29. The molecule has 1 aromatic rings. The minimum atomic E-state index is 0.597. The third-order valence-corrected chi connectivity index (χ3v) is 2.17. The maximum absolute atomic E-state index is 8.89. The van der Waals surface area contributed by atoms with Crippen LogP contribution in [0.5, 0.6) is 0 Å². The highest BCUT2D eigenvalue weighted by molar-refractivity contribution is 5.22. The maximum Gasteiger partial charge on any atom is 0.186 e. The molecule has 3 heteroatoms. The predicted molar refractivity (Wildman–Crippen MR) is 65.3 cm³/mol. The monoisotopic (exact) mass is 229 g/mol. The van der Waals surface area contributed by atoms with Crippen molar-refractivity contribution in [1.29, 1.82) is 5.26 Å². The van der Waals surface area contributed by atoms with Gasteiger partial charge in [0, 0.05) is 12.7 Å². The van der Waals surface area contributed by atoms with Crippen LogP contribution in [0.25, 0.3) is 0 Å². The summed E-state index contributed by atoms with van der Waals surface area (Å²) in [7, 11) is 1.89. The lowest BCUT2D eigenvalue weighted by molar-refractivity contribution is -0.671. The van der Waals surface area contributed by atoms with Crippen LogP contribution in [0.1, 0.15) is 18.1 Å². The molecule has 0 atom stereocenters. The average molecular weight is 229 g/mol. The molecule has 0 N–H and O–H groups in total. The van der Waals surface area contributed by atoms with Gasteiger partial charge in [0.05, 0.1) is 6.61 Å². The number of hydrogen-bond acceptors (Lipinski definition) is 2. The molecule has 0 aliphatic carbocycles. The molecule has 0 spiro atoms. The third kappa shape index (κ3) is 5.10. The Morgan fingerprint density at radius 2 is 2.06 bits per heavy atom. The van der Waals surface area contributed by atoms with Gasteiger partial charge in [-0.05, 0) is 18.6 Å². The van der Waals surface area contributed by atoms with Gasteiger partial charge < -0.3 is 4.74 Å². The zero-order valence-corrected chi connectivity index (χ0v) is 10.3. The Labute approximate surface area is 102 Å². The van der Waals surface area contributed by atoms with Gasteiger partial charge in [0.2, 0.25) is 0 Å². The molecule has 3 nitrogen and oxygen atoms in total. The molecule has 0 saturated carbocycles. The van der Waals surface area contributed by atoms with Gasteiger partial charge in [-0.15, -0.1) is 0 Å². The van der Waals surface area contributed by atoms with Crippen LogP contribution >= 0.6 is 0 Å². The fourth-order valence-electron chi connectivity index (χ4n) is 1.29. The van der Waals surface area contributed by atoms with Crippen LogP contribution in [0, 0.1) is 11.3 Å². The predicted octanol–water partition coefficient (Wildman–Crippen LogP) is 2.04. The van der Waals surface area contributed by atoms with Gasteiger partial charge in [0.25, 0.3) is 0 Å². The van der Waals surface area contributed by atoms with Crippen molar-refractivity contribution in [1.82, 2.24) is 0 Å². The highest BCUT2D eigenvalue weighted by atomic mass is 16.5. The van der Waals surface area contributed by atoms with Crippen molar-refractivity contribution in [2.75, 3.05) is 6.61 Å². The van der Waals surface area contributed by atoms with E-state index in [9.17, 15) is 0 Å². The topological polar surface area (TPSA) is 36.9 Å². The summed E-state index contributed by atoms with van der Waals surface area (Å²) in [5, 5.41) is 8.89. The summed E-state index contributed by atoms with van der Waals surface area (Å²) in [6.07, 6.45) is 3.69. The molecule has 0 saturated heterocycles. The van der Waals surface area contributed by atoms with E-state index >= 15 is 0 Å². The number of nitriles is 1. The van der Waals surface area contributed by atoms with Crippen LogP contribution in [0.3, 0.4) is 0 Å². The van der Waals surface area contributed by atoms with E-state index in [0.717, 1.165) is 5.56 Å². The van der Waals surface area contributed by atoms with Gasteiger partial charge in [0.15, 0.2) is 12.4 Å². The van der Waals surface area contributed by atoms with Gasteiger partial charge in [-0.1, -0.05) is 18.2 Å². The first kappa shape index (κ1) is 13.1. The first-order valence-corrected chi connectivity index (χ1v) is 5.56. The Balaban J connectivity index is 3.13. The van der Waals surface area contributed by atoms with Gasteiger partial charge in [-0.25, -0.2) is 4.57 Å². The summed E-state index contributed by atoms with van der Waals surface area (Å²) >= 11 is 0. The molecule has 0 unspecified atom stereocenters. The van der Waals surface area contributed by atoms with Crippen molar-refractivity contribution in [2.24, 2.45) is 7.05 Å². The quantitative estimate of drug-likeness (QED) is 0.744. The standard InChI is InChI=1S/C14H17N2O/c1-3-17-12-13-6-4-5-7-14(10-15)11-16(2)9-8-13/h4-9,11H,3,12H2,1-2H3/q+1. The number of hydrogen-bond donors (Lipinski definition) is 0. The van der Waals surface area contributed by atoms with Crippen molar-refractivity contribution < 1.29 is 9.30 Å². The molecule has 88 valence electrons. The van der Waals surface area contributed by atoms with Crippen LogP contribution in [-0.2, 0) is 18.4 Å². The van der Waals surface area contributed by atoms with E-state index in [1.165, 1.54) is 0 Å². The number of nitrogens with zero attached hydrogens (tertiary/aromatic N) is 2. The van der Waals surface area contributed by atoms with Crippen LogP contribution < -0.4 is 4.57 Å². The SMILES string of the molecule is CCOCc1ccccc(C#N)c[n+](C)cc1. The Morgan fingerprint density at radius 3 is 2.76 bits per heavy atom. The normalized spacial score (nSPS) is 9.24. The van der Waals surface area contributed by atoms with Crippen molar-refractivity contribution in [3.8, 4) is 6.07 Å². The fraction of sp³-hybridized carbons (Fsp3) is 0.286. The molecule has 1 rings (SSSR count). The van der Waals surface area contributed by atoms with Gasteiger partial charge in [-0.2, -0.15) is 5.26 Å². The summed E-state index contributed by atoms with van der Waals surface area (Å²) in [6, 6.07) is 11.6. The van der Waals surface area contributed by atoms with E-state index in [2.05, 4.69) is 6.07 Å². The first-order valence-electron chi connectivity index (χ1n) is 5.56. The molecule has 0 aliphatic rings. The number of ether oxygens (including phenoxy) is 1. The molecule has 0 aliphatic heterocycles. The van der Waals surface area contributed by atoms with Crippen molar-refractivity contribution >= 4 is 0 Å². The van der Waals surface area contributed by atoms with E-state index in [0.29, 0.717) is 18.8 Å². The molecule has 0 aromatic carbocycles. The number of aryl methyl sites for hydroxylation is 1. The molecular weight excluding hydrogens is 212 g/mol. The Hall–Kier alpha value is -1.92. The first-order chi connectivity index (χ1) is 8.26. The third-order valence-electron chi connectivity index (χ3n) is 2.17. The number of aromatic nitrogens is 1. The highest BCUT2D eigenvalue weighted by Gasteiger charge is 1.93. The van der Waals surface area contributed by atoms with Crippen LogP contribution in [-0.4, -0.2) is 6.61 Å². The molecular formula is C14H17N2O+. The van der Waals surface area contributed by atoms with Crippen molar-refractivity contribution in [3.63, 3.8) is 0 Å². The second-order valence-corrected chi connectivity index (χ2v) is 3.61. The van der Waals surface area contributed by atoms with Crippen LogP contribution in [0.15, 0.2) is 42.7 Å². The minimum absolute atomic E-state index is 0.597.